The first-order valence-corrected chi connectivity index (χ1v) is 6.92. The maximum Gasteiger partial charge on any atom is 0.432 e. The first-order chi connectivity index (χ1) is 12.0. The predicted octanol–water partition coefficient (Wildman–Crippen LogP) is 4.75. The highest BCUT2D eigenvalue weighted by Crippen LogP contribution is 2.47. The van der Waals surface area contributed by atoms with Crippen LogP contribution in [0.3, 0.4) is 0 Å². The summed E-state index contributed by atoms with van der Waals surface area (Å²) in [6.07, 6.45) is -10.1. The summed E-state index contributed by atoms with van der Waals surface area (Å²) >= 11 is 0. The van der Waals surface area contributed by atoms with Gasteiger partial charge in [0.15, 0.2) is 0 Å². The van der Waals surface area contributed by atoms with Crippen molar-refractivity contribution in [1.82, 2.24) is 0 Å². The quantitative estimate of drug-likeness (QED) is 0.581. The molecule has 140 valence electrons. The minimum atomic E-state index is -5.81. The van der Waals surface area contributed by atoms with Gasteiger partial charge in [0.05, 0.1) is 5.56 Å². The monoisotopic (exact) mass is 379 g/mol. The van der Waals surface area contributed by atoms with Crippen LogP contribution in [0.2, 0.25) is 0 Å². The summed E-state index contributed by atoms with van der Waals surface area (Å²) in [7, 11) is 0. The first-order valence-electron chi connectivity index (χ1n) is 6.92. The largest absolute Gasteiger partial charge is 0.478 e. The fourth-order valence-corrected chi connectivity index (χ4v) is 2.10. The van der Waals surface area contributed by atoms with Crippen LogP contribution >= 0.6 is 0 Å². The molecule has 0 bridgehead atoms. The van der Waals surface area contributed by atoms with Crippen LogP contribution in [0.4, 0.5) is 32.0 Å². The molecule has 2 rings (SSSR count). The van der Waals surface area contributed by atoms with Crippen LogP contribution in [0.15, 0.2) is 42.5 Å². The van der Waals surface area contributed by atoms with E-state index in [1.165, 1.54) is 12.1 Å². The topological polar surface area (TPSA) is 72.5 Å². The Morgan fingerprint density at radius 2 is 1.54 bits per heavy atom. The summed E-state index contributed by atoms with van der Waals surface area (Å²) in [5.74, 6) is -1.46. The number of nitrogens with two attached hydrogens (primary N) is 1. The molecule has 2 aromatic carbocycles. The molecule has 10 heteroatoms. The molecule has 0 radical (unpaired) electrons. The van der Waals surface area contributed by atoms with E-state index in [1.54, 1.807) is 0 Å². The molecule has 0 fully saturated rings. The van der Waals surface area contributed by atoms with Gasteiger partial charge in [-0.05, 0) is 30.3 Å². The molecule has 0 aliphatic carbocycles. The van der Waals surface area contributed by atoms with Gasteiger partial charge in [-0.3, -0.25) is 0 Å². The van der Waals surface area contributed by atoms with Crippen LogP contribution in [0, 0.1) is 0 Å². The summed E-state index contributed by atoms with van der Waals surface area (Å²) in [6.45, 7) is 0. The number of benzene rings is 2. The lowest BCUT2D eigenvalue weighted by Gasteiger charge is -2.27. The summed E-state index contributed by atoms with van der Waals surface area (Å²) < 4.78 is 82.6. The number of carboxylic acids is 1. The van der Waals surface area contributed by atoms with Gasteiger partial charge in [-0.1, -0.05) is 12.1 Å². The molecule has 3 N–H and O–H groups in total. The number of aromatic carboxylic acids is 1. The second-order valence-corrected chi connectivity index (χ2v) is 5.19. The molecular weight excluding hydrogens is 368 g/mol. The smallest absolute Gasteiger partial charge is 0.432 e. The van der Waals surface area contributed by atoms with E-state index in [0.717, 1.165) is 18.2 Å². The number of carboxylic acid groups (broad SMARTS) is 1. The Kier molecular flexibility index (Phi) is 5.06. The number of ether oxygens (including phenoxy) is 1. The van der Waals surface area contributed by atoms with Gasteiger partial charge in [0.25, 0.3) is 12.1 Å². The fourth-order valence-electron chi connectivity index (χ4n) is 2.10. The minimum absolute atomic E-state index is 0.0134. The normalized spacial score (nSPS) is 14.1. The summed E-state index contributed by atoms with van der Waals surface area (Å²) in [5, 5.41) is 8.96. The number of alkyl halides is 6. The van der Waals surface area contributed by atoms with Gasteiger partial charge in [-0.2, -0.15) is 13.2 Å². The van der Waals surface area contributed by atoms with Crippen molar-refractivity contribution < 1.29 is 41.0 Å². The summed E-state index contributed by atoms with van der Waals surface area (Å²) in [6, 6.07) is 6.35. The van der Waals surface area contributed by atoms with Crippen LogP contribution in [0.25, 0.3) is 0 Å². The molecule has 4 nitrogen and oxygen atoms in total. The molecule has 1 atom stereocenters. The molecule has 0 saturated carbocycles. The van der Waals surface area contributed by atoms with Crippen molar-refractivity contribution in [1.29, 1.82) is 0 Å². The van der Waals surface area contributed by atoms with Crippen molar-refractivity contribution in [2.75, 3.05) is 5.73 Å². The van der Waals surface area contributed by atoms with Crippen molar-refractivity contribution >= 4 is 11.7 Å². The Morgan fingerprint density at radius 1 is 1.00 bits per heavy atom. The van der Waals surface area contributed by atoms with E-state index in [-0.39, 0.29) is 22.7 Å². The van der Waals surface area contributed by atoms with E-state index in [9.17, 15) is 31.1 Å². The van der Waals surface area contributed by atoms with E-state index in [1.807, 2.05) is 0 Å². The number of hydrogen-bond acceptors (Lipinski definition) is 3. The maximum atomic E-state index is 13.9. The molecule has 0 spiro atoms. The number of anilines is 1. The van der Waals surface area contributed by atoms with Crippen molar-refractivity contribution in [2.24, 2.45) is 0 Å². The highest BCUT2D eigenvalue weighted by molar-refractivity contribution is 5.94. The molecule has 0 saturated heterocycles. The SMILES string of the molecule is Nc1ccc(Oc2ccc(C(F)(C(F)F)C(F)(F)F)cc2)cc1C(=O)O. The number of carbonyl (C=O) groups is 1. The van der Waals surface area contributed by atoms with E-state index >= 15 is 0 Å². The Morgan fingerprint density at radius 3 is 2.00 bits per heavy atom. The molecular formula is C16H11F6NO3. The minimum Gasteiger partial charge on any atom is -0.478 e. The molecule has 0 aliphatic rings. The van der Waals surface area contributed by atoms with Crippen LogP contribution in [-0.2, 0) is 5.67 Å². The zero-order valence-corrected chi connectivity index (χ0v) is 12.7. The highest BCUT2D eigenvalue weighted by atomic mass is 19.4. The lowest BCUT2D eigenvalue weighted by atomic mass is 9.95. The van der Waals surface area contributed by atoms with Crippen molar-refractivity contribution in [2.45, 2.75) is 18.3 Å². The lowest BCUT2D eigenvalue weighted by Crippen LogP contribution is -2.44. The van der Waals surface area contributed by atoms with Crippen molar-refractivity contribution in [3.8, 4) is 11.5 Å². The van der Waals surface area contributed by atoms with Gasteiger partial charge >= 0.3 is 12.1 Å². The Bertz CT molecular complexity index is 807. The van der Waals surface area contributed by atoms with Crippen molar-refractivity contribution in [3.05, 3.63) is 53.6 Å². The standard InChI is InChI=1S/C16H11F6NO3/c17-14(18)15(19,16(20,21)22)8-1-3-9(4-2-8)26-10-5-6-12(23)11(7-10)13(24)25/h1-7,14H,23H2,(H,24,25). The zero-order valence-electron chi connectivity index (χ0n) is 12.7. The number of hydrogen-bond donors (Lipinski definition) is 2. The first kappa shape index (κ1) is 19.4. The Labute approximate surface area is 142 Å². The van der Waals surface area contributed by atoms with Gasteiger partial charge in [0.1, 0.15) is 11.5 Å². The molecule has 0 aliphatic heterocycles. The van der Waals surface area contributed by atoms with Crippen LogP contribution in [0.1, 0.15) is 15.9 Å². The third kappa shape index (κ3) is 3.53. The van der Waals surface area contributed by atoms with E-state index in [0.29, 0.717) is 12.1 Å². The molecule has 0 heterocycles. The summed E-state index contributed by atoms with van der Waals surface area (Å²) in [4.78, 5) is 11.0. The van der Waals surface area contributed by atoms with Crippen LogP contribution in [0.5, 0.6) is 11.5 Å². The predicted molar refractivity (Wildman–Crippen MR) is 79.2 cm³/mol. The van der Waals surface area contributed by atoms with E-state index in [4.69, 9.17) is 15.6 Å². The molecule has 0 aromatic heterocycles. The van der Waals surface area contributed by atoms with Gasteiger partial charge in [0.2, 0.25) is 0 Å². The number of rotatable bonds is 5. The third-order valence-electron chi connectivity index (χ3n) is 3.48. The molecule has 0 amide bonds. The number of halogens is 6. The maximum absolute atomic E-state index is 13.9. The van der Waals surface area contributed by atoms with Gasteiger partial charge in [-0.25, -0.2) is 18.0 Å². The third-order valence-corrected chi connectivity index (χ3v) is 3.48. The Balaban J connectivity index is 2.31. The fraction of sp³-hybridized carbons (Fsp3) is 0.188. The van der Waals surface area contributed by atoms with E-state index in [2.05, 4.69) is 0 Å². The number of nitrogen functional groups attached to an aromatic ring is 1. The van der Waals surface area contributed by atoms with E-state index < -0.39 is 29.8 Å². The Hall–Kier alpha value is -2.91. The molecule has 1 unspecified atom stereocenters. The van der Waals surface area contributed by atoms with Gasteiger partial charge in [0, 0.05) is 11.3 Å². The van der Waals surface area contributed by atoms with Gasteiger partial charge < -0.3 is 15.6 Å². The average Bonchev–Trinajstić information content (AvgIpc) is 2.55. The second-order valence-electron chi connectivity index (χ2n) is 5.19. The average molecular weight is 379 g/mol. The summed E-state index contributed by atoms with van der Waals surface area (Å²) in [5.41, 5.74) is -0.937. The van der Waals surface area contributed by atoms with Crippen LogP contribution < -0.4 is 10.5 Å². The zero-order chi connectivity index (χ0) is 19.7. The lowest BCUT2D eigenvalue weighted by molar-refractivity contribution is -0.274. The highest BCUT2D eigenvalue weighted by Gasteiger charge is 2.63. The second kappa shape index (κ2) is 6.77. The molecule has 26 heavy (non-hydrogen) atoms. The van der Waals surface area contributed by atoms with Crippen molar-refractivity contribution in [3.63, 3.8) is 0 Å². The molecule has 2 aromatic rings. The van der Waals surface area contributed by atoms with Crippen LogP contribution in [-0.4, -0.2) is 23.7 Å². The van der Waals surface area contributed by atoms with Gasteiger partial charge in [-0.15, -0.1) is 0 Å².